The van der Waals surface area contributed by atoms with E-state index in [1.807, 2.05) is 13.0 Å². The summed E-state index contributed by atoms with van der Waals surface area (Å²) in [6, 6.07) is 0. The molecular weight excluding hydrogens is 316 g/mol. The van der Waals surface area contributed by atoms with Gasteiger partial charge in [0.25, 0.3) is 0 Å². The summed E-state index contributed by atoms with van der Waals surface area (Å²) in [6.07, 6.45) is 7.09. The van der Waals surface area contributed by atoms with Crippen LogP contribution >= 0.6 is 0 Å². The fourth-order valence-electron chi connectivity index (χ4n) is 3.37. The Kier molecular flexibility index (Phi) is 4.05. The second-order valence-corrected chi connectivity index (χ2v) is 8.14. The number of aromatic nitrogens is 2. The molecule has 1 amide bonds. The molecule has 1 spiro atoms. The minimum absolute atomic E-state index is 0.0825. The number of hydrogen-bond donors (Lipinski definition) is 1. The smallest absolute Gasteiger partial charge is 0.246 e. The molecule has 126 valence electrons. The number of carbonyl (C=O) groups excluding carboxylic acids is 1. The SMILES string of the molecule is CCn1cc(S(=O)(=O)N2CCC[C@]3(CC=CNC3=O)C2)c(C)n1. The Morgan fingerprint density at radius 3 is 2.87 bits per heavy atom. The van der Waals surface area contributed by atoms with Crippen LogP contribution in [0.15, 0.2) is 23.4 Å². The van der Waals surface area contributed by atoms with Gasteiger partial charge in [0.15, 0.2) is 0 Å². The van der Waals surface area contributed by atoms with E-state index in [4.69, 9.17) is 0 Å². The molecule has 7 nitrogen and oxygen atoms in total. The summed E-state index contributed by atoms with van der Waals surface area (Å²) in [5, 5.41) is 6.95. The Bertz CT molecular complexity index is 753. The molecule has 3 heterocycles. The van der Waals surface area contributed by atoms with Gasteiger partial charge < -0.3 is 5.32 Å². The van der Waals surface area contributed by atoms with Crippen molar-refractivity contribution in [1.29, 1.82) is 0 Å². The molecular formula is C15H22N4O3S. The molecule has 1 aromatic heterocycles. The third-order valence-corrected chi connectivity index (χ3v) is 6.66. The van der Waals surface area contributed by atoms with E-state index in [1.54, 1.807) is 24.0 Å². The van der Waals surface area contributed by atoms with Crippen LogP contribution in [0.2, 0.25) is 0 Å². The number of allylic oxidation sites excluding steroid dienone is 1. The van der Waals surface area contributed by atoms with Crippen LogP contribution in [-0.2, 0) is 21.4 Å². The standard InChI is InChI=1S/C15H22N4O3S/c1-3-18-10-13(12(2)17-18)23(21,22)19-9-5-7-15(11-19)6-4-8-16-14(15)20/h4,8,10H,3,5-7,9,11H2,1-2H3,(H,16,20)/t15-/m1/s1. The van der Waals surface area contributed by atoms with Gasteiger partial charge in [0.2, 0.25) is 15.9 Å². The Morgan fingerprint density at radius 2 is 2.22 bits per heavy atom. The Hall–Kier alpha value is -1.67. The van der Waals surface area contributed by atoms with Gasteiger partial charge in [-0.1, -0.05) is 6.08 Å². The van der Waals surface area contributed by atoms with E-state index >= 15 is 0 Å². The molecule has 2 aliphatic rings. The summed E-state index contributed by atoms with van der Waals surface area (Å²) in [6.45, 7) is 4.90. The van der Waals surface area contributed by atoms with Crippen molar-refractivity contribution >= 4 is 15.9 Å². The lowest BCUT2D eigenvalue weighted by Crippen LogP contribution is -2.53. The van der Waals surface area contributed by atoms with E-state index in [0.29, 0.717) is 38.0 Å². The first kappa shape index (κ1) is 16.2. The van der Waals surface area contributed by atoms with Crippen LogP contribution in [-0.4, -0.2) is 41.5 Å². The van der Waals surface area contributed by atoms with Crippen LogP contribution in [0.3, 0.4) is 0 Å². The van der Waals surface area contributed by atoms with Gasteiger partial charge in [-0.2, -0.15) is 9.40 Å². The Balaban J connectivity index is 1.92. The van der Waals surface area contributed by atoms with E-state index in [9.17, 15) is 13.2 Å². The molecule has 1 N–H and O–H groups in total. The lowest BCUT2D eigenvalue weighted by atomic mass is 9.76. The second-order valence-electron chi connectivity index (χ2n) is 6.24. The molecule has 23 heavy (non-hydrogen) atoms. The second kappa shape index (κ2) is 5.76. The number of piperidine rings is 1. The lowest BCUT2D eigenvalue weighted by molar-refractivity contribution is -0.132. The van der Waals surface area contributed by atoms with Crippen molar-refractivity contribution < 1.29 is 13.2 Å². The lowest BCUT2D eigenvalue weighted by Gasteiger charge is -2.41. The highest BCUT2D eigenvalue weighted by atomic mass is 32.2. The van der Waals surface area contributed by atoms with Crippen LogP contribution in [0.5, 0.6) is 0 Å². The minimum Gasteiger partial charge on any atom is -0.332 e. The predicted molar refractivity (Wildman–Crippen MR) is 85.0 cm³/mol. The average Bonchev–Trinajstić information content (AvgIpc) is 2.92. The quantitative estimate of drug-likeness (QED) is 0.892. The van der Waals surface area contributed by atoms with E-state index < -0.39 is 15.4 Å². The van der Waals surface area contributed by atoms with Crippen molar-refractivity contribution in [2.45, 2.75) is 44.6 Å². The number of carbonyl (C=O) groups is 1. The predicted octanol–water partition coefficient (Wildman–Crippen LogP) is 1.02. The summed E-state index contributed by atoms with van der Waals surface area (Å²) in [5.74, 6) is -0.0825. The first-order chi connectivity index (χ1) is 10.9. The highest BCUT2D eigenvalue weighted by Crippen LogP contribution is 2.38. The summed E-state index contributed by atoms with van der Waals surface area (Å²) in [7, 11) is -3.63. The van der Waals surface area contributed by atoms with Crippen molar-refractivity contribution in [3.05, 3.63) is 24.2 Å². The maximum atomic E-state index is 13.0. The number of rotatable bonds is 3. The normalized spacial score (nSPS) is 25.7. The molecule has 0 aromatic carbocycles. The van der Waals surface area contributed by atoms with Crippen molar-refractivity contribution in [3.8, 4) is 0 Å². The zero-order valence-electron chi connectivity index (χ0n) is 13.4. The molecule has 2 aliphatic heterocycles. The zero-order chi connectivity index (χ0) is 16.7. The third kappa shape index (κ3) is 2.70. The fourth-order valence-corrected chi connectivity index (χ4v) is 5.10. The maximum absolute atomic E-state index is 13.0. The van der Waals surface area contributed by atoms with Gasteiger partial charge in [-0.25, -0.2) is 8.42 Å². The van der Waals surface area contributed by atoms with Gasteiger partial charge in [0, 0.05) is 25.8 Å². The number of aryl methyl sites for hydroxylation is 2. The van der Waals surface area contributed by atoms with Crippen molar-refractivity contribution in [3.63, 3.8) is 0 Å². The molecule has 3 rings (SSSR count). The molecule has 1 fully saturated rings. The third-order valence-electron chi connectivity index (χ3n) is 4.71. The number of sulfonamides is 1. The summed E-state index contributed by atoms with van der Waals surface area (Å²) in [5.41, 5.74) is -0.145. The molecule has 0 radical (unpaired) electrons. The van der Waals surface area contributed by atoms with Gasteiger partial charge >= 0.3 is 0 Å². The van der Waals surface area contributed by atoms with Crippen LogP contribution < -0.4 is 5.32 Å². The summed E-state index contributed by atoms with van der Waals surface area (Å²) in [4.78, 5) is 12.5. The van der Waals surface area contributed by atoms with E-state index in [-0.39, 0.29) is 17.3 Å². The fraction of sp³-hybridized carbons (Fsp3) is 0.600. The molecule has 1 saturated heterocycles. The van der Waals surface area contributed by atoms with Crippen LogP contribution in [0, 0.1) is 12.3 Å². The number of nitrogens with zero attached hydrogens (tertiary/aromatic N) is 3. The molecule has 0 aliphatic carbocycles. The molecule has 0 bridgehead atoms. The Labute approximate surface area is 136 Å². The largest absolute Gasteiger partial charge is 0.332 e. The van der Waals surface area contributed by atoms with Crippen molar-refractivity contribution in [2.75, 3.05) is 13.1 Å². The molecule has 1 aromatic rings. The van der Waals surface area contributed by atoms with Crippen molar-refractivity contribution in [2.24, 2.45) is 5.41 Å². The number of hydrogen-bond acceptors (Lipinski definition) is 4. The van der Waals surface area contributed by atoms with Crippen molar-refractivity contribution in [1.82, 2.24) is 19.4 Å². The first-order valence-electron chi connectivity index (χ1n) is 7.89. The number of amides is 1. The number of nitrogens with one attached hydrogen (secondary N) is 1. The molecule has 0 unspecified atom stereocenters. The van der Waals surface area contributed by atoms with Gasteiger partial charge in [-0.3, -0.25) is 9.48 Å². The van der Waals surface area contributed by atoms with Gasteiger partial charge in [-0.15, -0.1) is 0 Å². The van der Waals surface area contributed by atoms with Crippen LogP contribution in [0.1, 0.15) is 31.9 Å². The highest BCUT2D eigenvalue weighted by molar-refractivity contribution is 7.89. The van der Waals surface area contributed by atoms with E-state index in [0.717, 1.165) is 0 Å². The van der Waals surface area contributed by atoms with Gasteiger partial charge in [0.1, 0.15) is 4.90 Å². The summed E-state index contributed by atoms with van der Waals surface area (Å²) < 4.78 is 29.1. The monoisotopic (exact) mass is 338 g/mol. The molecule has 1 atom stereocenters. The van der Waals surface area contributed by atoms with Crippen LogP contribution in [0.25, 0.3) is 0 Å². The van der Waals surface area contributed by atoms with Gasteiger partial charge in [-0.05, 0) is 39.3 Å². The average molecular weight is 338 g/mol. The topological polar surface area (TPSA) is 84.3 Å². The molecule has 0 saturated carbocycles. The highest BCUT2D eigenvalue weighted by Gasteiger charge is 2.45. The zero-order valence-corrected chi connectivity index (χ0v) is 14.3. The maximum Gasteiger partial charge on any atom is 0.246 e. The van der Waals surface area contributed by atoms with E-state index in [2.05, 4.69) is 10.4 Å². The van der Waals surface area contributed by atoms with E-state index in [1.165, 1.54) is 4.31 Å². The van der Waals surface area contributed by atoms with Crippen LogP contribution in [0.4, 0.5) is 0 Å². The Morgan fingerprint density at radius 1 is 1.43 bits per heavy atom. The van der Waals surface area contributed by atoms with Gasteiger partial charge in [0.05, 0.1) is 11.1 Å². The summed E-state index contributed by atoms with van der Waals surface area (Å²) >= 11 is 0. The minimum atomic E-state index is -3.63. The molecule has 8 heteroatoms. The first-order valence-corrected chi connectivity index (χ1v) is 9.33.